The molecule has 20 heavy (non-hydrogen) atoms. The predicted octanol–water partition coefficient (Wildman–Crippen LogP) is 4.68. The number of benzene rings is 2. The van der Waals surface area contributed by atoms with Gasteiger partial charge in [-0.1, -0.05) is 48.0 Å². The van der Waals surface area contributed by atoms with E-state index in [1.165, 1.54) is 27.8 Å². The maximum Gasteiger partial charge on any atom is 0.0460 e. The molecular formula is C18H22ClN. The van der Waals surface area contributed by atoms with Crippen LogP contribution in [0.1, 0.15) is 33.9 Å². The van der Waals surface area contributed by atoms with Gasteiger partial charge in [-0.2, -0.15) is 0 Å². The van der Waals surface area contributed by atoms with Crippen LogP contribution in [0.4, 0.5) is 0 Å². The molecule has 0 fully saturated rings. The number of hydrogen-bond acceptors (Lipinski definition) is 1. The van der Waals surface area contributed by atoms with Gasteiger partial charge in [0.15, 0.2) is 0 Å². The van der Waals surface area contributed by atoms with E-state index in [-0.39, 0.29) is 6.04 Å². The smallest absolute Gasteiger partial charge is 0.0460 e. The summed E-state index contributed by atoms with van der Waals surface area (Å²) in [5.74, 6) is 0.577. The molecular weight excluding hydrogens is 266 g/mol. The van der Waals surface area contributed by atoms with Gasteiger partial charge in [0.2, 0.25) is 0 Å². The second-order valence-corrected chi connectivity index (χ2v) is 5.68. The van der Waals surface area contributed by atoms with Crippen molar-refractivity contribution in [1.82, 2.24) is 5.32 Å². The van der Waals surface area contributed by atoms with Crippen molar-refractivity contribution in [2.75, 3.05) is 5.88 Å². The molecule has 0 aliphatic heterocycles. The summed E-state index contributed by atoms with van der Waals surface area (Å²) in [4.78, 5) is 0. The van der Waals surface area contributed by atoms with E-state index in [9.17, 15) is 0 Å². The van der Waals surface area contributed by atoms with E-state index in [0.29, 0.717) is 5.88 Å². The molecule has 0 saturated carbocycles. The zero-order valence-corrected chi connectivity index (χ0v) is 13.2. The summed E-state index contributed by atoms with van der Waals surface area (Å²) in [6.07, 6.45) is 0. The van der Waals surface area contributed by atoms with Crippen LogP contribution in [0.15, 0.2) is 42.5 Å². The molecule has 0 spiro atoms. The Hall–Kier alpha value is -1.31. The minimum absolute atomic E-state index is 0.193. The maximum absolute atomic E-state index is 6.11. The van der Waals surface area contributed by atoms with E-state index in [2.05, 4.69) is 62.5 Å². The molecule has 0 bridgehead atoms. The van der Waals surface area contributed by atoms with Crippen LogP contribution in [0.5, 0.6) is 0 Å². The van der Waals surface area contributed by atoms with Crippen molar-refractivity contribution in [3.8, 4) is 0 Å². The molecule has 0 aliphatic carbocycles. The molecule has 2 heteroatoms. The summed E-state index contributed by atoms with van der Waals surface area (Å²) in [6.45, 7) is 7.34. The van der Waals surface area contributed by atoms with Gasteiger partial charge in [-0.15, -0.1) is 11.6 Å². The Labute approximate surface area is 127 Å². The second-order valence-electron chi connectivity index (χ2n) is 5.38. The number of aryl methyl sites for hydroxylation is 3. The van der Waals surface area contributed by atoms with Crippen molar-refractivity contribution < 1.29 is 0 Å². The highest BCUT2D eigenvalue weighted by Gasteiger charge is 2.11. The lowest BCUT2D eigenvalue weighted by Gasteiger charge is -2.19. The van der Waals surface area contributed by atoms with Crippen LogP contribution in [0, 0.1) is 20.8 Å². The largest absolute Gasteiger partial charge is 0.305 e. The number of alkyl halides is 1. The van der Waals surface area contributed by atoms with E-state index in [0.717, 1.165) is 6.54 Å². The number of halogens is 1. The molecule has 0 radical (unpaired) electrons. The Kier molecular flexibility index (Phi) is 5.22. The topological polar surface area (TPSA) is 12.0 Å². The number of nitrogens with one attached hydrogen (secondary N) is 1. The van der Waals surface area contributed by atoms with Crippen molar-refractivity contribution in [1.29, 1.82) is 0 Å². The van der Waals surface area contributed by atoms with Crippen molar-refractivity contribution in [2.24, 2.45) is 0 Å². The second kappa shape index (κ2) is 6.92. The molecule has 106 valence electrons. The van der Waals surface area contributed by atoms with Gasteiger partial charge in [0.25, 0.3) is 0 Å². The van der Waals surface area contributed by atoms with Gasteiger partial charge in [0, 0.05) is 18.5 Å². The molecule has 0 aliphatic rings. The maximum atomic E-state index is 6.11. The summed E-state index contributed by atoms with van der Waals surface area (Å²) in [7, 11) is 0. The molecule has 0 heterocycles. The van der Waals surface area contributed by atoms with Crippen LogP contribution in [-0.2, 0) is 6.54 Å². The van der Waals surface area contributed by atoms with Gasteiger partial charge in [-0.3, -0.25) is 0 Å². The lowest BCUT2D eigenvalue weighted by molar-refractivity contribution is 0.577. The lowest BCUT2D eigenvalue weighted by Crippen LogP contribution is -2.23. The Morgan fingerprint density at radius 3 is 2.15 bits per heavy atom. The molecule has 1 atom stereocenters. The standard InChI is InChI=1S/C18H22ClN/c1-13-9-14(2)17(15(3)10-13)12-20-18(11-19)16-7-5-4-6-8-16/h4-10,18,20H,11-12H2,1-3H3. The molecule has 1 unspecified atom stereocenters. The minimum Gasteiger partial charge on any atom is -0.305 e. The monoisotopic (exact) mass is 287 g/mol. The third-order valence-corrected chi connectivity index (χ3v) is 4.03. The third-order valence-electron chi connectivity index (χ3n) is 3.72. The number of rotatable bonds is 5. The molecule has 2 aromatic rings. The van der Waals surface area contributed by atoms with Crippen LogP contribution in [0.3, 0.4) is 0 Å². The first-order valence-corrected chi connectivity index (χ1v) is 7.56. The van der Waals surface area contributed by atoms with E-state index >= 15 is 0 Å². The molecule has 1 N–H and O–H groups in total. The van der Waals surface area contributed by atoms with Gasteiger partial charge in [0.1, 0.15) is 0 Å². The van der Waals surface area contributed by atoms with E-state index in [4.69, 9.17) is 11.6 Å². The molecule has 0 amide bonds. The van der Waals surface area contributed by atoms with Gasteiger partial charge < -0.3 is 5.32 Å². The highest BCUT2D eigenvalue weighted by molar-refractivity contribution is 6.18. The van der Waals surface area contributed by atoms with Crippen LogP contribution in [0.2, 0.25) is 0 Å². The summed E-state index contributed by atoms with van der Waals surface area (Å²) >= 11 is 6.11. The minimum atomic E-state index is 0.193. The van der Waals surface area contributed by atoms with Crippen LogP contribution in [0.25, 0.3) is 0 Å². The van der Waals surface area contributed by atoms with Gasteiger partial charge >= 0.3 is 0 Å². The SMILES string of the molecule is Cc1cc(C)c(CNC(CCl)c2ccccc2)c(C)c1. The summed E-state index contributed by atoms with van der Waals surface area (Å²) < 4.78 is 0. The summed E-state index contributed by atoms with van der Waals surface area (Å²) in [5, 5.41) is 3.57. The van der Waals surface area contributed by atoms with Gasteiger partial charge in [-0.05, 0) is 43.0 Å². The van der Waals surface area contributed by atoms with Crippen molar-refractivity contribution in [2.45, 2.75) is 33.4 Å². The first-order valence-electron chi connectivity index (χ1n) is 7.03. The van der Waals surface area contributed by atoms with Crippen molar-refractivity contribution in [3.63, 3.8) is 0 Å². The van der Waals surface area contributed by atoms with Crippen LogP contribution >= 0.6 is 11.6 Å². The van der Waals surface area contributed by atoms with E-state index in [1.807, 2.05) is 6.07 Å². The molecule has 0 aromatic heterocycles. The molecule has 2 rings (SSSR count). The predicted molar refractivity (Wildman–Crippen MR) is 87.4 cm³/mol. The average molecular weight is 288 g/mol. The fraction of sp³-hybridized carbons (Fsp3) is 0.333. The number of hydrogen-bond donors (Lipinski definition) is 1. The van der Waals surface area contributed by atoms with E-state index in [1.54, 1.807) is 0 Å². The Morgan fingerprint density at radius 2 is 1.60 bits per heavy atom. The fourth-order valence-corrected chi connectivity index (χ4v) is 2.95. The Balaban J connectivity index is 2.12. The van der Waals surface area contributed by atoms with Crippen LogP contribution < -0.4 is 5.32 Å². The zero-order chi connectivity index (χ0) is 14.5. The molecule has 0 saturated heterocycles. The third kappa shape index (κ3) is 3.62. The first kappa shape index (κ1) is 15.1. The summed E-state index contributed by atoms with van der Waals surface area (Å²) in [6, 6.07) is 15.0. The Morgan fingerprint density at radius 1 is 1.00 bits per heavy atom. The molecule has 2 aromatic carbocycles. The quantitative estimate of drug-likeness (QED) is 0.787. The van der Waals surface area contributed by atoms with E-state index < -0.39 is 0 Å². The van der Waals surface area contributed by atoms with Gasteiger partial charge in [-0.25, -0.2) is 0 Å². The summed E-state index contributed by atoms with van der Waals surface area (Å²) in [5.41, 5.74) is 6.63. The van der Waals surface area contributed by atoms with Crippen molar-refractivity contribution in [3.05, 3.63) is 70.3 Å². The highest BCUT2D eigenvalue weighted by Crippen LogP contribution is 2.19. The fourth-order valence-electron chi connectivity index (χ4n) is 2.66. The average Bonchev–Trinajstić information content (AvgIpc) is 2.43. The van der Waals surface area contributed by atoms with Crippen LogP contribution in [-0.4, -0.2) is 5.88 Å². The normalized spacial score (nSPS) is 12.4. The Bertz CT molecular complexity index is 540. The van der Waals surface area contributed by atoms with Gasteiger partial charge in [0.05, 0.1) is 0 Å². The highest BCUT2D eigenvalue weighted by atomic mass is 35.5. The first-order chi connectivity index (χ1) is 9.61. The molecule has 1 nitrogen and oxygen atoms in total. The zero-order valence-electron chi connectivity index (χ0n) is 12.4. The van der Waals surface area contributed by atoms with Crippen molar-refractivity contribution >= 4 is 11.6 Å². The lowest BCUT2D eigenvalue weighted by atomic mass is 9.99.